The molecule has 0 bridgehead atoms. The van der Waals surface area contributed by atoms with Gasteiger partial charge in [0.1, 0.15) is 18.5 Å². The first kappa shape index (κ1) is 20.7. The fourth-order valence-electron chi connectivity index (χ4n) is 2.82. The Bertz CT molecular complexity index is 718. The summed E-state index contributed by atoms with van der Waals surface area (Å²) in [7, 11) is 0. The molecular formula is C21H27NO5. The number of carbonyl (C=O) groups is 1. The summed E-state index contributed by atoms with van der Waals surface area (Å²) >= 11 is 0. The molecule has 146 valence electrons. The van der Waals surface area contributed by atoms with Gasteiger partial charge in [0.2, 0.25) is 0 Å². The highest BCUT2D eigenvalue weighted by Crippen LogP contribution is 2.43. The lowest BCUT2D eigenvalue weighted by Crippen LogP contribution is -2.30. The molecule has 0 heterocycles. The zero-order valence-corrected chi connectivity index (χ0v) is 15.7. The number of rotatable bonds is 9. The minimum atomic E-state index is -0.650. The molecule has 0 aliphatic rings. The molecule has 1 atom stereocenters. The predicted octanol–water partition coefficient (Wildman–Crippen LogP) is 3.76. The summed E-state index contributed by atoms with van der Waals surface area (Å²) in [6, 6.07) is 16.3. The van der Waals surface area contributed by atoms with Gasteiger partial charge in [-0.2, -0.15) is 0 Å². The van der Waals surface area contributed by atoms with Gasteiger partial charge in [-0.15, -0.1) is 0 Å². The Hall–Kier alpha value is -2.57. The molecule has 2 aromatic rings. The quantitative estimate of drug-likeness (QED) is 0.623. The van der Waals surface area contributed by atoms with Crippen molar-refractivity contribution < 1.29 is 24.5 Å². The maximum Gasteiger partial charge on any atom is 0.412 e. The fraction of sp³-hybridized carbons (Fsp3) is 0.381. The Morgan fingerprint density at radius 2 is 1.70 bits per heavy atom. The van der Waals surface area contributed by atoms with Crippen LogP contribution in [0.15, 0.2) is 54.6 Å². The maximum atomic E-state index is 12.5. The van der Waals surface area contributed by atoms with E-state index >= 15 is 0 Å². The van der Waals surface area contributed by atoms with E-state index in [-0.39, 0.29) is 19.8 Å². The molecule has 0 radical (unpaired) electrons. The van der Waals surface area contributed by atoms with Crippen LogP contribution in [0.2, 0.25) is 0 Å². The first-order chi connectivity index (χ1) is 13.0. The summed E-state index contributed by atoms with van der Waals surface area (Å²) < 4.78 is 11.4. The average molecular weight is 373 g/mol. The minimum absolute atomic E-state index is 0.0349. The van der Waals surface area contributed by atoms with Crippen LogP contribution in [-0.2, 0) is 4.74 Å². The van der Waals surface area contributed by atoms with Gasteiger partial charge < -0.3 is 19.7 Å². The Morgan fingerprint density at radius 1 is 1.04 bits per heavy atom. The number of benzene rings is 2. The average Bonchev–Trinajstić information content (AvgIpc) is 2.65. The second-order valence-corrected chi connectivity index (χ2v) is 6.85. The molecule has 0 aliphatic heterocycles. The lowest BCUT2D eigenvalue weighted by Gasteiger charge is -2.34. The molecule has 0 aliphatic carbocycles. The molecule has 1 amide bonds. The van der Waals surface area contributed by atoms with Crippen molar-refractivity contribution >= 4 is 11.8 Å². The lowest BCUT2D eigenvalue weighted by molar-refractivity contribution is 0.0133. The molecule has 0 unspecified atom stereocenters. The number of aliphatic hydroxyl groups excluding tert-OH is 2. The van der Waals surface area contributed by atoms with Gasteiger partial charge in [-0.3, -0.25) is 5.32 Å². The smallest absolute Gasteiger partial charge is 0.412 e. The van der Waals surface area contributed by atoms with Crippen molar-refractivity contribution in [3.8, 4) is 5.75 Å². The van der Waals surface area contributed by atoms with Crippen LogP contribution in [0.5, 0.6) is 5.75 Å². The summed E-state index contributed by atoms with van der Waals surface area (Å²) in [5.41, 5.74) is 0.778. The molecule has 2 aromatic carbocycles. The summed E-state index contributed by atoms with van der Waals surface area (Å²) in [5.74, 6) is 0.537. The number of hydrogen-bond donors (Lipinski definition) is 3. The Morgan fingerprint density at radius 3 is 2.37 bits per heavy atom. The van der Waals surface area contributed by atoms with Gasteiger partial charge in [-0.05, 0) is 24.6 Å². The summed E-state index contributed by atoms with van der Waals surface area (Å²) in [5, 5.41) is 21.2. The minimum Gasteiger partial charge on any atom is -0.491 e. The van der Waals surface area contributed by atoms with E-state index in [0.29, 0.717) is 23.4 Å². The second-order valence-electron chi connectivity index (χ2n) is 6.85. The van der Waals surface area contributed by atoms with Crippen LogP contribution in [0, 0.1) is 5.41 Å². The van der Waals surface area contributed by atoms with Crippen LogP contribution in [0.25, 0.3) is 0 Å². The van der Waals surface area contributed by atoms with Gasteiger partial charge in [0, 0.05) is 23.3 Å². The van der Waals surface area contributed by atoms with E-state index in [4.69, 9.17) is 14.6 Å². The molecule has 0 spiro atoms. The number of anilines is 1. The van der Waals surface area contributed by atoms with Crippen LogP contribution in [-0.4, -0.2) is 36.1 Å². The molecule has 0 saturated carbocycles. The van der Waals surface area contributed by atoms with E-state index in [2.05, 4.69) is 5.32 Å². The molecule has 27 heavy (non-hydrogen) atoms. The van der Waals surface area contributed by atoms with Crippen molar-refractivity contribution in [1.82, 2.24) is 0 Å². The molecular weight excluding hydrogens is 346 g/mol. The highest BCUT2D eigenvalue weighted by Gasteiger charge is 2.35. The van der Waals surface area contributed by atoms with Crippen LogP contribution >= 0.6 is 0 Å². The van der Waals surface area contributed by atoms with Crippen LogP contribution in [0.1, 0.15) is 31.9 Å². The number of amides is 1. The topological polar surface area (TPSA) is 88.0 Å². The number of para-hydroxylation sites is 2. The summed E-state index contributed by atoms with van der Waals surface area (Å²) in [4.78, 5) is 12.5. The first-order valence-electron chi connectivity index (χ1n) is 8.94. The third-order valence-corrected chi connectivity index (χ3v) is 4.26. The molecule has 6 heteroatoms. The van der Waals surface area contributed by atoms with E-state index in [0.717, 1.165) is 0 Å². The molecule has 0 saturated heterocycles. The van der Waals surface area contributed by atoms with E-state index in [9.17, 15) is 9.90 Å². The Labute approximate surface area is 159 Å². The number of ether oxygens (including phenoxy) is 2. The van der Waals surface area contributed by atoms with Crippen LogP contribution in [0.3, 0.4) is 0 Å². The largest absolute Gasteiger partial charge is 0.491 e. The van der Waals surface area contributed by atoms with Crippen LogP contribution < -0.4 is 10.1 Å². The van der Waals surface area contributed by atoms with E-state index < -0.39 is 17.6 Å². The summed E-state index contributed by atoms with van der Waals surface area (Å²) in [6.45, 7) is 3.83. The Balaban J connectivity index is 2.28. The second kappa shape index (κ2) is 9.94. The number of nitrogens with one attached hydrogen (secondary N) is 1. The van der Waals surface area contributed by atoms with Gasteiger partial charge in [0.05, 0.1) is 6.61 Å². The van der Waals surface area contributed by atoms with Crippen molar-refractivity contribution in [2.45, 2.75) is 26.4 Å². The van der Waals surface area contributed by atoms with Crippen molar-refractivity contribution in [2.75, 3.05) is 25.1 Å². The van der Waals surface area contributed by atoms with E-state index in [1.807, 2.05) is 50.2 Å². The normalized spacial score (nSPS) is 12.3. The van der Waals surface area contributed by atoms with Gasteiger partial charge >= 0.3 is 6.09 Å². The van der Waals surface area contributed by atoms with Crippen molar-refractivity contribution in [3.05, 3.63) is 60.2 Å². The van der Waals surface area contributed by atoms with Gasteiger partial charge in [0.25, 0.3) is 0 Å². The number of hydrogen-bond acceptors (Lipinski definition) is 5. The third-order valence-electron chi connectivity index (χ3n) is 4.26. The van der Waals surface area contributed by atoms with E-state index in [1.54, 1.807) is 18.2 Å². The summed E-state index contributed by atoms with van der Waals surface area (Å²) in [6.07, 6.45) is -0.803. The van der Waals surface area contributed by atoms with Gasteiger partial charge in [0.15, 0.2) is 0 Å². The zero-order chi connectivity index (χ0) is 19.7. The molecule has 0 fully saturated rings. The first-order valence-corrected chi connectivity index (χ1v) is 8.94. The molecule has 3 N–H and O–H groups in total. The maximum absolute atomic E-state index is 12.5. The van der Waals surface area contributed by atoms with Crippen molar-refractivity contribution in [3.63, 3.8) is 0 Å². The number of carbonyl (C=O) groups excluding carboxylic acids is 1. The number of aliphatic hydroxyl groups is 2. The van der Waals surface area contributed by atoms with Crippen molar-refractivity contribution in [2.24, 2.45) is 5.41 Å². The monoisotopic (exact) mass is 373 g/mol. The Kier molecular flexibility index (Phi) is 7.64. The third kappa shape index (κ3) is 5.98. The standard InChI is InChI=1S/C21H27NO5/c1-21(2,12-13-23)19(17-10-6-7-11-18(17)26-15-14-24)27-20(25)22-16-8-4-3-5-9-16/h3-11,19,23-24H,12-15H2,1-2H3,(H,22,25)/t19-/m1/s1. The highest BCUT2D eigenvalue weighted by atomic mass is 16.6. The zero-order valence-electron chi connectivity index (χ0n) is 15.7. The molecule has 6 nitrogen and oxygen atoms in total. The van der Waals surface area contributed by atoms with E-state index in [1.165, 1.54) is 0 Å². The highest BCUT2D eigenvalue weighted by molar-refractivity contribution is 5.84. The molecule has 0 aromatic heterocycles. The fourth-order valence-corrected chi connectivity index (χ4v) is 2.82. The predicted molar refractivity (Wildman–Crippen MR) is 104 cm³/mol. The van der Waals surface area contributed by atoms with Crippen LogP contribution in [0.4, 0.5) is 10.5 Å². The lowest BCUT2D eigenvalue weighted by atomic mass is 9.79. The van der Waals surface area contributed by atoms with Gasteiger partial charge in [-0.25, -0.2) is 4.79 Å². The van der Waals surface area contributed by atoms with Gasteiger partial charge in [-0.1, -0.05) is 50.2 Å². The molecule has 2 rings (SSSR count). The SMILES string of the molecule is CC(C)(CCO)[C@H](OC(=O)Nc1ccccc1)c1ccccc1OCCO. The van der Waals surface area contributed by atoms with Crippen molar-refractivity contribution in [1.29, 1.82) is 0 Å².